The van der Waals surface area contributed by atoms with Crippen LogP contribution in [-0.4, -0.2) is 0 Å². The van der Waals surface area contributed by atoms with Gasteiger partial charge in [0, 0.05) is 83.5 Å². The first-order valence-corrected chi connectivity index (χ1v) is 41.9. The Morgan fingerprint density at radius 1 is 0.331 bits per heavy atom. The van der Waals surface area contributed by atoms with Gasteiger partial charge in [-0.2, -0.15) is 0 Å². The summed E-state index contributed by atoms with van der Waals surface area (Å²) < 4.78 is 13.9. The number of benzene rings is 15. The number of allylic oxidation sites excluding steroid dienone is 14. The number of para-hydroxylation sites is 3. The second-order valence-electron chi connectivity index (χ2n) is 32.2. The van der Waals surface area contributed by atoms with Crippen LogP contribution < -0.4 is 20.2 Å². The number of hydrogen-bond donors (Lipinski definition) is 0. The molecule has 4 heteroatoms. The zero-order chi connectivity index (χ0) is 78.0. The maximum atomic E-state index is 7.07. The van der Waals surface area contributed by atoms with Crippen LogP contribution in [0.25, 0.3) is 149 Å². The van der Waals surface area contributed by atoms with E-state index in [9.17, 15) is 0 Å². The summed E-state index contributed by atoms with van der Waals surface area (Å²) in [4.78, 5) is 5.04. The number of hydrogen-bond acceptors (Lipinski definition) is 4. The predicted molar refractivity (Wildman–Crippen MR) is 496 cm³/mol. The minimum absolute atomic E-state index is 0.233. The monoisotopic (exact) mass is 1510 g/mol. The van der Waals surface area contributed by atoms with E-state index in [1.54, 1.807) is 0 Å². The molecule has 2 atom stereocenters. The molecule has 0 spiro atoms. The molecule has 17 aromatic rings. The molecule has 4 nitrogen and oxygen atoms in total. The third-order valence-corrected chi connectivity index (χ3v) is 25.3. The summed E-state index contributed by atoms with van der Waals surface area (Å²) in [6, 6.07) is 126. The van der Waals surface area contributed by atoms with Crippen LogP contribution in [0.2, 0.25) is 0 Å². The van der Waals surface area contributed by atoms with E-state index >= 15 is 0 Å². The van der Waals surface area contributed by atoms with Gasteiger partial charge in [0.25, 0.3) is 0 Å². The van der Waals surface area contributed by atoms with E-state index < -0.39 is 0 Å². The number of furan rings is 2. The van der Waals surface area contributed by atoms with Gasteiger partial charge in [0.2, 0.25) is 0 Å². The fraction of sp³-hybridized carbons (Fsp3) is 0.0877. The van der Waals surface area contributed by atoms with Crippen LogP contribution in [0.15, 0.2) is 415 Å². The zero-order valence-corrected chi connectivity index (χ0v) is 65.6. The molecule has 0 saturated carbocycles. The first-order valence-electron chi connectivity index (χ1n) is 41.9. The molecule has 118 heavy (non-hydrogen) atoms. The fourth-order valence-electron chi connectivity index (χ4n) is 19.5. The molecule has 0 N–H and O–H groups in total. The molecule has 0 bridgehead atoms. The molecule has 5 aliphatic carbocycles. The van der Waals surface area contributed by atoms with Crippen LogP contribution in [0, 0.1) is 5.92 Å². The molecule has 0 fully saturated rings. The number of fused-ring (bicyclic) bond motifs is 9. The van der Waals surface area contributed by atoms with Crippen LogP contribution in [0.5, 0.6) is 0 Å². The van der Waals surface area contributed by atoms with Crippen molar-refractivity contribution in [2.45, 2.75) is 57.3 Å². The van der Waals surface area contributed by atoms with E-state index in [1.165, 1.54) is 82.7 Å². The van der Waals surface area contributed by atoms with Crippen molar-refractivity contribution in [1.82, 2.24) is 0 Å². The molecule has 0 amide bonds. The van der Waals surface area contributed by atoms with Gasteiger partial charge in [-0.3, -0.25) is 0 Å². The molecule has 0 aliphatic heterocycles. The van der Waals surface area contributed by atoms with E-state index in [1.807, 2.05) is 0 Å². The molecule has 22 rings (SSSR count). The highest BCUT2D eigenvalue weighted by Crippen LogP contribution is 2.48. The van der Waals surface area contributed by atoms with Crippen LogP contribution in [-0.2, 0) is 0 Å². The van der Waals surface area contributed by atoms with Crippen molar-refractivity contribution in [3.8, 4) is 66.8 Å². The molecule has 15 aromatic carbocycles. The van der Waals surface area contributed by atoms with Crippen LogP contribution in [0.4, 0.5) is 22.7 Å². The Kier molecular flexibility index (Phi) is 18.0. The van der Waals surface area contributed by atoms with E-state index in [2.05, 4.69) is 410 Å². The van der Waals surface area contributed by atoms with Crippen molar-refractivity contribution in [2.75, 3.05) is 9.80 Å². The van der Waals surface area contributed by atoms with Gasteiger partial charge in [-0.15, -0.1) is 0 Å². The van der Waals surface area contributed by atoms with Crippen LogP contribution in [0.1, 0.15) is 79.5 Å². The topological polar surface area (TPSA) is 32.8 Å². The highest BCUT2D eigenvalue weighted by molar-refractivity contribution is 6.16. The Bertz CT molecular complexity index is 7210. The Labute approximate surface area is 688 Å². The standard InChI is InChI=1S/C114H84N2O2/c1-3-23-75(24-4-1)76-57-63-92(64-58-76)115(95-38-17-37-90(73-95)98-44-18-29-81-27-7-9-40-97(81)98)93-65-59-79(60-66-93)83-30-13-34-87(69-83)100-45-22-52-110-111(100)108-51-21-48-103(114(108)117-110)89-36-15-32-85(71-89)80-61-67-94(68-62-80)116(109-74-91-28-8-10-41-99(91)104-42-11-12-43-105(104)109)96-39-16-33-86(72-96)78-55-53-77(54-56-78)84-31-14-35-88(70-84)102-47-20-50-107-106-49-19-46-101(112(106)118-113(102)107)82-25-5-2-6-26-82/h1-3,5-7,9-14,16-23,25-27,29-31,33-72,90-91H,4,8,15,24,28,32,73-74H2. The first-order chi connectivity index (χ1) is 58.5. The molecular weight excluding hydrogens is 1430 g/mol. The highest BCUT2D eigenvalue weighted by atomic mass is 16.3. The fourth-order valence-corrected chi connectivity index (χ4v) is 19.5. The van der Waals surface area contributed by atoms with Gasteiger partial charge in [0.15, 0.2) is 0 Å². The lowest BCUT2D eigenvalue weighted by Gasteiger charge is -2.34. The quantitative estimate of drug-likeness (QED) is 0.0965. The van der Waals surface area contributed by atoms with Gasteiger partial charge in [0.1, 0.15) is 22.3 Å². The van der Waals surface area contributed by atoms with Crippen molar-refractivity contribution >= 4 is 105 Å². The lowest BCUT2D eigenvalue weighted by atomic mass is 9.80. The summed E-state index contributed by atoms with van der Waals surface area (Å²) in [7, 11) is 0. The maximum absolute atomic E-state index is 7.07. The Balaban J connectivity index is 0.550. The third kappa shape index (κ3) is 12.9. The summed E-state index contributed by atoms with van der Waals surface area (Å²) in [5, 5.41) is 9.71. The number of rotatable bonds is 16. The minimum atomic E-state index is 0.233. The summed E-state index contributed by atoms with van der Waals surface area (Å²) >= 11 is 0. The molecule has 562 valence electrons. The normalized spacial score (nSPS) is 15.8. The maximum Gasteiger partial charge on any atom is 0.143 e. The number of anilines is 4. The number of nitrogens with zero attached hydrogens (tertiary/aromatic N) is 2. The largest absolute Gasteiger partial charge is 0.455 e. The van der Waals surface area contributed by atoms with Crippen LogP contribution in [0.3, 0.4) is 0 Å². The Hall–Kier alpha value is -14.3. The SMILES string of the molecule is C1=CCCC(c2ccc(N(C3=CC=CC(c4cccc5ccccc45)C3)c3ccc(-c4cccc(-c5cccc6oc7c(C8=CCCC(c9ccc(N(C%10=c%11ccccc%11=C%11C=CCCC%11C%10)c%10cccc(-c%11ccc(-c%12cccc(-c%13cccc%14c%13oc%13c(-c%15ccccc%15)cccc%13%14)c%12)cc%11)c%10)cc9)=C8)cccc7c56)c4)cc3)cc2)=C1. The van der Waals surface area contributed by atoms with Crippen LogP contribution >= 0.6 is 0 Å². The van der Waals surface area contributed by atoms with Gasteiger partial charge in [-0.05, 0) is 241 Å². The van der Waals surface area contributed by atoms with Gasteiger partial charge < -0.3 is 18.6 Å². The lowest BCUT2D eigenvalue weighted by molar-refractivity contribution is 0.607. The van der Waals surface area contributed by atoms with Crippen molar-refractivity contribution in [3.63, 3.8) is 0 Å². The summed E-state index contributed by atoms with van der Waals surface area (Å²) in [6.07, 6.45) is 31.3. The average Bonchev–Trinajstić information content (AvgIpc) is 1.29. The van der Waals surface area contributed by atoms with Crippen molar-refractivity contribution in [3.05, 3.63) is 439 Å². The molecule has 2 heterocycles. The molecule has 0 radical (unpaired) electrons. The lowest BCUT2D eigenvalue weighted by Crippen LogP contribution is -2.40. The van der Waals surface area contributed by atoms with Crippen molar-refractivity contribution in [2.24, 2.45) is 5.92 Å². The van der Waals surface area contributed by atoms with E-state index in [0.29, 0.717) is 5.92 Å². The summed E-state index contributed by atoms with van der Waals surface area (Å²) in [5.74, 6) is 0.665. The first kappa shape index (κ1) is 70.3. The molecule has 5 aliphatic rings. The molecule has 2 aromatic heterocycles. The van der Waals surface area contributed by atoms with Gasteiger partial charge in [0.05, 0.1) is 0 Å². The molecule has 0 saturated heterocycles. The van der Waals surface area contributed by atoms with Gasteiger partial charge in [-0.1, -0.05) is 328 Å². The highest BCUT2D eigenvalue weighted by Gasteiger charge is 2.30. The summed E-state index contributed by atoms with van der Waals surface area (Å²) in [6.45, 7) is 0. The third-order valence-electron chi connectivity index (χ3n) is 25.3. The molecule has 2 unspecified atom stereocenters. The summed E-state index contributed by atoms with van der Waals surface area (Å²) in [5.41, 5.74) is 34.8. The minimum Gasteiger partial charge on any atom is -0.455 e. The average molecular weight is 1510 g/mol. The zero-order valence-electron chi connectivity index (χ0n) is 65.6. The van der Waals surface area contributed by atoms with E-state index in [-0.39, 0.29) is 5.92 Å². The van der Waals surface area contributed by atoms with Crippen molar-refractivity contribution in [1.29, 1.82) is 0 Å². The van der Waals surface area contributed by atoms with E-state index in [4.69, 9.17) is 8.83 Å². The van der Waals surface area contributed by atoms with Gasteiger partial charge in [-0.25, -0.2) is 0 Å². The van der Waals surface area contributed by atoms with E-state index in [0.717, 1.165) is 179 Å². The van der Waals surface area contributed by atoms with Crippen molar-refractivity contribution < 1.29 is 8.83 Å². The van der Waals surface area contributed by atoms with Gasteiger partial charge >= 0.3 is 0 Å². The molecular formula is C114H84N2O2. The Morgan fingerprint density at radius 3 is 1.60 bits per heavy atom. The second kappa shape index (κ2) is 30.1. The smallest absolute Gasteiger partial charge is 0.143 e. The second-order valence-corrected chi connectivity index (χ2v) is 32.2. The Morgan fingerprint density at radius 2 is 0.873 bits per heavy atom. The predicted octanol–water partition coefficient (Wildman–Crippen LogP) is 29.9.